The van der Waals surface area contributed by atoms with Crippen LogP contribution in [0.15, 0.2) is 12.1 Å². The number of benzene rings is 1. The van der Waals surface area contributed by atoms with E-state index in [1.165, 1.54) is 0 Å². The van der Waals surface area contributed by atoms with Gasteiger partial charge in [-0.1, -0.05) is 12.8 Å². The van der Waals surface area contributed by atoms with Gasteiger partial charge in [-0.3, -0.25) is 9.59 Å². The molecule has 0 radical (unpaired) electrons. The second-order valence-electron chi connectivity index (χ2n) is 5.84. The van der Waals surface area contributed by atoms with Crippen molar-refractivity contribution in [2.24, 2.45) is 5.92 Å². The molecule has 2 atom stereocenters. The number of rotatable bonds is 2. The van der Waals surface area contributed by atoms with E-state index in [2.05, 4.69) is 11.8 Å². The summed E-state index contributed by atoms with van der Waals surface area (Å²) in [5, 5.41) is 0. The SMILES string of the molecule is CC#Cc1cc(C)c(C2C(=O)CCC(CC)C2=O)c(C)c1. The molecule has 2 heteroatoms. The van der Waals surface area contributed by atoms with Gasteiger partial charge in [0, 0.05) is 17.9 Å². The molecular weight excluding hydrogens is 260 g/mol. The van der Waals surface area contributed by atoms with Crippen molar-refractivity contribution in [1.82, 2.24) is 0 Å². The minimum absolute atomic E-state index is 0.0293. The van der Waals surface area contributed by atoms with Gasteiger partial charge in [0.2, 0.25) is 0 Å². The van der Waals surface area contributed by atoms with Gasteiger partial charge in [0.1, 0.15) is 11.7 Å². The summed E-state index contributed by atoms with van der Waals surface area (Å²) in [7, 11) is 0. The van der Waals surface area contributed by atoms with Crippen LogP contribution in [0, 0.1) is 31.6 Å². The van der Waals surface area contributed by atoms with Crippen LogP contribution in [0.25, 0.3) is 0 Å². The van der Waals surface area contributed by atoms with Crippen LogP contribution in [0.1, 0.15) is 61.3 Å². The standard InChI is InChI=1S/C19H22O2/c1-5-7-14-10-12(3)17(13(4)11-14)18-16(20)9-8-15(6-2)19(18)21/h10-11,15,18H,6,8-9H2,1-4H3. The Hall–Kier alpha value is -1.88. The van der Waals surface area contributed by atoms with Crippen molar-refractivity contribution in [2.75, 3.05) is 0 Å². The predicted molar refractivity (Wildman–Crippen MR) is 84.2 cm³/mol. The Balaban J connectivity index is 2.51. The summed E-state index contributed by atoms with van der Waals surface area (Å²) in [4.78, 5) is 25.0. The number of ketones is 2. The van der Waals surface area contributed by atoms with E-state index in [0.29, 0.717) is 12.8 Å². The molecule has 1 aliphatic rings. The lowest BCUT2D eigenvalue weighted by Gasteiger charge is -2.28. The smallest absolute Gasteiger partial charge is 0.150 e. The third-order valence-corrected chi connectivity index (χ3v) is 4.39. The van der Waals surface area contributed by atoms with Gasteiger partial charge in [-0.25, -0.2) is 0 Å². The molecule has 0 aromatic heterocycles. The molecule has 0 aliphatic heterocycles. The summed E-state index contributed by atoms with van der Waals surface area (Å²) in [6.45, 7) is 7.77. The molecule has 2 nitrogen and oxygen atoms in total. The monoisotopic (exact) mass is 282 g/mol. The Labute approximate surface area is 126 Å². The van der Waals surface area contributed by atoms with E-state index in [1.54, 1.807) is 6.92 Å². The van der Waals surface area contributed by atoms with Crippen molar-refractivity contribution in [3.8, 4) is 11.8 Å². The van der Waals surface area contributed by atoms with Gasteiger partial charge in [0.25, 0.3) is 0 Å². The molecule has 0 N–H and O–H groups in total. The van der Waals surface area contributed by atoms with Gasteiger partial charge in [0.05, 0.1) is 0 Å². The molecule has 21 heavy (non-hydrogen) atoms. The third-order valence-electron chi connectivity index (χ3n) is 4.39. The lowest BCUT2D eigenvalue weighted by atomic mass is 9.73. The molecule has 1 aromatic carbocycles. The molecule has 1 aromatic rings. The maximum absolute atomic E-state index is 12.6. The van der Waals surface area contributed by atoms with Gasteiger partial charge < -0.3 is 0 Å². The van der Waals surface area contributed by atoms with E-state index in [-0.39, 0.29) is 17.5 Å². The van der Waals surface area contributed by atoms with Crippen molar-refractivity contribution in [2.45, 2.75) is 52.9 Å². The summed E-state index contributed by atoms with van der Waals surface area (Å²) >= 11 is 0. The molecule has 1 saturated carbocycles. The van der Waals surface area contributed by atoms with E-state index in [9.17, 15) is 9.59 Å². The second kappa shape index (κ2) is 6.26. The number of hydrogen-bond acceptors (Lipinski definition) is 2. The minimum atomic E-state index is -0.563. The van der Waals surface area contributed by atoms with Gasteiger partial charge in [-0.2, -0.15) is 0 Å². The van der Waals surface area contributed by atoms with Crippen molar-refractivity contribution in [1.29, 1.82) is 0 Å². The number of carbonyl (C=O) groups is 2. The van der Waals surface area contributed by atoms with Gasteiger partial charge in [-0.05, 0) is 62.4 Å². The van der Waals surface area contributed by atoms with Crippen LogP contribution in [0.3, 0.4) is 0 Å². The summed E-state index contributed by atoms with van der Waals surface area (Å²) in [5.41, 5.74) is 3.84. The molecule has 0 saturated heterocycles. The number of carbonyl (C=O) groups excluding carboxylic acids is 2. The fourth-order valence-electron chi connectivity index (χ4n) is 3.35. The number of hydrogen-bond donors (Lipinski definition) is 0. The van der Waals surface area contributed by atoms with Gasteiger partial charge >= 0.3 is 0 Å². The highest BCUT2D eigenvalue weighted by atomic mass is 16.2. The zero-order valence-corrected chi connectivity index (χ0v) is 13.2. The van der Waals surface area contributed by atoms with Crippen LogP contribution in [-0.4, -0.2) is 11.6 Å². The van der Waals surface area contributed by atoms with Crippen molar-refractivity contribution in [3.05, 3.63) is 34.4 Å². The molecule has 0 amide bonds. The first-order chi connectivity index (χ1) is 9.99. The van der Waals surface area contributed by atoms with Crippen molar-refractivity contribution < 1.29 is 9.59 Å². The average molecular weight is 282 g/mol. The number of aryl methyl sites for hydroxylation is 2. The van der Waals surface area contributed by atoms with E-state index < -0.39 is 5.92 Å². The Morgan fingerprint density at radius 2 is 1.81 bits per heavy atom. The molecule has 1 fully saturated rings. The quantitative estimate of drug-likeness (QED) is 0.612. The fraction of sp³-hybridized carbons (Fsp3) is 0.474. The van der Waals surface area contributed by atoms with E-state index in [0.717, 1.165) is 28.7 Å². The highest BCUT2D eigenvalue weighted by Crippen LogP contribution is 2.35. The summed E-state index contributed by atoms with van der Waals surface area (Å²) in [5.74, 6) is 5.58. The molecule has 0 spiro atoms. The molecule has 2 rings (SSSR count). The first kappa shape index (κ1) is 15.5. The van der Waals surface area contributed by atoms with Crippen LogP contribution in [0.2, 0.25) is 0 Å². The highest BCUT2D eigenvalue weighted by molar-refractivity contribution is 6.10. The largest absolute Gasteiger partial charge is 0.299 e. The number of Topliss-reactive ketones (excluding diaryl/α,β-unsaturated/α-hetero) is 2. The van der Waals surface area contributed by atoms with Crippen LogP contribution >= 0.6 is 0 Å². The lowest BCUT2D eigenvalue weighted by Crippen LogP contribution is -2.34. The first-order valence-corrected chi connectivity index (χ1v) is 7.59. The molecule has 1 aliphatic carbocycles. The Morgan fingerprint density at radius 3 is 2.33 bits per heavy atom. The fourth-order valence-corrected chi connectivity index (χ4v) is 3.35. The Bertz CT molecular complexity index is 620. The topological polar surface area (TPSA) is 34.1 Å². The van der Waals surface area contributed by atoms with Crippen molar-refractivity contribution >= 4 is 11.6 Å². The van der Waals surface area contributed by atoms with Crippen molar-refractivity contribution in [3.63, 3.8) is 0 Å². The zero-order valence-electron chi connectivity index (χ0n) is 13.2. The normalized spacial score (nSPS) is 21.9. The summed E-state index contributed by atoms with van der Waals surface area (Å²) in [6.07, 6.45) is 2.05. The van der Waals surface area contributed by atoms with Crippen LogP contribution in [-0.2, 0) is 9.59 Å². The molecular formula is C19H22O2. The molecule has 0 heterocycles. The van der Waals surface area contributed by atoms with E-state index in [4.69, 9.17) is 0 Å². The Kier molecular flexibility index (Phi) is 4.63. The summed E-state index contributed by atoms with van der Waals surface area (Å²) in [6, 6.07) is 3.96. The first-order valence-electron chi connectivity index (χ1n) is 7.59. The lowest BCUT2D eigenvalue weighted by molar-refractivity contribution is -0.135. The summed E-state index contributed by atoms with van der Waals surface area (Å²) < 4.78 is 0. The van der Waals surface area contributed by atoms with Crippen LogP contribution < -0.4 is 0 Å². The molecule has 110 valence electrons. The maximum Gasteiger partial charge on any atom is 0.150 e. The van der Waals surface area contributed by atoms with E-state index >= 15 is 0 Å². The minimum Gasteiger partial charge on any atom is -0.299 e. The average Bonchev–Trinajstić information content (AvgIpc) is 2.42. The molecule has 0 bridgehead atoms. The molecule has 2 unspecified atom stereocenters. The van der Waals surface area contributed by atoms with E-state index in [1.807, 2.05) is 32.9 Å². The van der Waals surface area contributed by atoms with Gasteiger partial charge in [-0.15, -0.1) is 5.92 Å². The highest BCUT2D eigenvalue weighted by Gasteiger charge is 2.38. The van der Waals surface area contributed by atoms with Crippen LogP contribution in [0.5, 0.6) is 0 Å². The second-order valence-corrected chi connectivity index (χ2v) is 5.84. The predicted octanol–water partition coefficient (Wildman–Crippen LogP) is 3.72. The third kappa shape index (κ3) is 2.93. The van der Waals surface area contributed by atoms with Gasteiger partial charge in [0.15, 0.2) is 5.78 Å². The zero-order chi connectivity index (χ0) is 15.6. The Morgan fingerprint density at radius 1 is 1.19 bits per heavy atom. The maximum atomic E-state index is 12.6. The van der Waals surface area contributed by atoms with Crippen LogP contribution in [0.4, 0.5) is 0 Å².